The van der Waals surface area contributed by atoms with Crippen molar-refractivity contribution in [2.45, 2.75) is 19.8 Å². The molecule has 2 heteroatoms. The van der Waals surface area contributed by atoms with Gasteiger partial charge in [0.1, 0.15) is 0 Å². The molecule has 0 saturated carbocycles. The van der Waals surface area contributed by atoms with Gasteiger partial charge in [-0.05, 0) is 18.8 Å². The summed E-state index contributed by atoms with van der Waals surface area (Å²) in [7, 11) is 2.11. The fourth-order valence-corrected chi connectivity index (χ4v) is 1.17. The SMILES string of the molecule is CC1CCCN(C)NC1. The maximum absolute atomic E-state index is 3.33. The Morgan fingerprint density at radius 1 is 1.56 bits per heavy atom. The molecule has 1 unspecified atom stereocenters. The standard InChI is InChI=1S/C7H16N2/c1-7-4-3-5-9(2)8-6-7/h7-8H,3-6H2,1-2H3. The summed E-state index contributed by atoms with van der Waals surface area (Å²) in [6, 6.07) is 0. The van der Waals surface area contributed by atoms with Crippen molar-refractivity contribution < 1.29 is 0 Å². The summed E-state index contributed by atoms with van der Waals surface area (Å²) in [5.74, 6) is 0.856. The van der Waals surface area contributed by atoms with E-state index in [2.05, 4.69) is 24.4 Å². The molecule has 0 aliphatic carbocycles. The van der Waals surface area contributed by atoms with E-state index in [4.69, 9.17) is 0 Å². The number of rotatable bonds is 0. The highest BCUT2D eigenvalue weighted by atomic mass is 15.5. The van der Waals surface area contributed by atoms with E-state index < -0.39 is 0 Å². The minimum Gasteiger partial charge on any atom is -0.255 e. The van der Waals surface area contributed by atoms with Crippen LogP contribution in [0.1, 0.15) is 19.8 Å². The molecule has 1 saturated heterocycles. The van der Waals surface area contributed by atoms with Gasteiger partial charge < -0.3 is 0 Å². The minimum absolute atomic E-state index is 0.856. The molecular formula is C7H16N2. The van der Waals surface area contributed by atoms with Gasteiger partial charge in [0.15, 0.2) is 0 Å². The first kappa shape index (κ1) is 7.03. The van der Waals surface area contributed by atoms with Crippen LogP contribution in [-0.4, -0.2) is 25.1 Å². The van der Waals surface area contributed by atoms with Gasteiger partial charge in [-0.3, -0.25) is 5.43 Å². The van der Waals surface area contributed by atoms with Crippen molar-refractivity contribution in [3.63, 3.8) is 0 Å². The highest BCUT2D eigenvalue weighted by Gasteiger charge is 2.08. The quantitative estimate of drug-likeness (QED) is 0.520. The van der Waals surface area contributed by atoms with Gasteiger partial charge in [0.2, 0.25) is 0 Å². The topological polar surface area (TPSA) is 15.3 Å². The molecule has 2 nitrogen and oxygen atoms in total. The van der Waals surface area contributed by atoms with Crippen molar-refractivity contribution >= 4 is 0 Å². The van der Waals surface area contributed by atoms with Gasteiger partial charge in [0, 0.05) is 20.1 Å². The molecule has 0 spiro atoms. The molecule has 1 N–H and O–H groups in total. The van der Waals surface area contributed by atoms with Gasteiger partial charge >= 0.3 is 0 Å². The average Bonchev–Trinajstić information content (AvgIpc) is 1.97. The number of nitrogens with zero attached hydrogens (tertiary/aromatic N) is 1. The fourth-order valence-electron chi connectivity index (χ4n) is 1.17. The van der Waals surface area contributed by atoms with Crippen LogP contribution >= 0.6 is 0 Å². The molecule has 0 bridgehead atoms. The summed E-state index contributed by atoms with van der Waals surface area (Å²) in [5.41, 5.74) is 3.33. The first-order valence-electron chi connectivity index (χ1n) is 3.73. The number of hydrogen-bond donors (Lipinski definition) is 1. The smallest absolute Gasteiger partial charge is 0.0128 e. The average molecular weight is 128 g/mol. The fraction of sp³-hybridized carbons (Fsp3) is 1.00. The van der Waals surface area contributed by atoms with Crippen LogP contribution in [0.2, 0.25) is 0 Å². The van der Waals surface area contributed by atoms with Crippen LogP contribution in [0, 0.1) is 5.92 Å². The third-order valence-electron chi connectivity index (χ3n) is 1.90. The van der Waals surface area contributed by atoms with Crippen molar-refractivity contribution in [1.29, 1.82) is 0 Å². The van der Waals surface area contributed by atoms with E-state index in [0.717, 1.165) is 12.5 Å². The number of hydrazine groups is 1. The predicted molar refractivity (Wildman–Crippen MR) is 39.0 cm³/mol. The van der Waals surface area contributed by atoms with Crippen LogP contribution < -0.4 is 5.43 Å². The molecule has 0 aromatic rings. The van der Waals surface area contributed by atoms with Crippen molar-refractivity contribution in [3.8, 4) is 0 Å². The third kappa shape index (κ3) is 2.33. The molecule has 0 aromatic heterocycles. The Morgan fingerprint density at radius 3 is 3.11 bits per heavy atom. The van der Waals surface area contributed by atoms with Crippen LogP contribution in [0.25, 0.3) is 0 Å². The maximum atomic E-state index is 3.33. The molecule has 1 heterocycles. The van der Waals surface area contributed by atoms with Crippen LogP contribution in [0.5, 0.6) is 0 Å². The molecule has 0 radical (unpaired) electrons. The lowest BCUT2D eigenvalue weighted by molar-refractivity contribution is 0.247. The van der Waals surface area contributed by atoms with E-state index in [1.54, 1.807) is 0 Å². The van der Waals surface area contributed by atoms with Gasteiger partial charge in [-0.25, -0.2) is 5.01 Å². The molecule has 1 rings (SSSR count). The summed E-state index contributed by atoms with van der Waals surface area (Å²) in [6.07, 6.45) is 2.71. The number of hydrogen-bond acceptors (Lipinski definition) is 2. The van der Waals surface area contributed by atoms with Gasteiger partial charge in [-0.15, -0.1) is 0 Å². The Kier molecular flexibility index (Phi) is 2.49. The summed E-state index contributed by atoms with van der Waals surface area (Å²) in [6.45, 7) is 4.65. The summed E-state index contributed by atoms with van der Waals surface area (Å²) in [5, 5.41) is 2.18. The normalized spacial score (nSPS) is 32.0. The van der Waals surface area contributed by atoms with E-state index in [1.807, 2.05) is 0 Å². The van der Waals surface area contributed by atoms with Gasteiger partial charge in [-0.2, -0.15) is 0 Å². The third-order valence-corrected chi connectivity index (χ3v) is 1.90. The van der Waals surface area contributed by atoms with E-state index in [0.29, 0.717) is 0 Å². The van der Waals surface area contributed by atoms with Crippen LogP contribution in [0.3, 0.4) is 0 Å². The molecule has 1 atom stereocenters. The Labute approximate surface area is 57.2 Å². The van der Waals surface area contributed by atoms with Crippen molar-refractivity contribution in [2.24, 2.45) is 5.92 Å². The minimum atomic E-state index is 0.856. The van der Waals surface area contributed by atoms with Gasteiger partial charge in [0.05, 0.1) is 0 Å². The maximum Gasteiger partial charge on any atom is 0.0128 e. The van der Waals surface area contributed by atoms with Crippen LogP contribution in [0.4, 0.5) is 0 Å². The van der Waals surface area contributed by atoms with Crippen LogP contribution in [-0.2, 0) is 0 Å². The lowest BCUT2D eigenvalue weighted by atomic mass is 10.1. The largest absolute Gasteiger partial charge is 0.255 e. The first-order chi connectivity index (χ1) is 4.29. The van der Waals surface area contributed by atoms with Crippen molar-refractivity contribution in [1.82, 2.24) is 10.4 Å². The summed E-state index contributed by atoms with van der Waals surface area (Å²) >= 11 is 0. The van der Waals surface area contributed by atoms with Crippen molar-refractivity contribution in [3.05, 3.63) is 0 Å². The Bertz CT molecular complexity index is 73.0. The van der Waals surface area contributed by atoms with E-state index in [1.165, 1.54) is 19.4 Å². The molecule has 0 aromatic carbocycles. The Morgan fingerprint density at radius 2 is 2.33 bits per heavy atom. The molecule has 1 fully saturated rings. The molecule has 1 aliphatic rings. The monoisotopic (exact) mass is 128 g/mol. The Balaban J connectivity index is 2.25. The zero-order valence-electron chi connectivity index (χ0n) is 6.35. The van der Waals surface area contributed by atoms with Crippen molar-refractivity contribution in [2.75, 3.05) is 20.1 Å². The van der Waals surface area contributed by atoms with Gasteiger partial charge in [-0.1, -0.05) is 6.92 Å². The second-order valence-corrected chi connectivity index (χ2v) is 3.03. The lowest BCUT2D eigenvalue weighted by Crippen LogP contribution is -2.34. The molecule has 9 heavy (non-hydrogen) atoms. The second-order valence-electron chi connectivity index (χ2n) is 3.03. The van der Waals surface area contributed by atoms with E-state index >= 15 is 0 Å². The molecular weight excluding hydrogens is 112 g/mol. The molecule has 54 valence electrons. The zero-order chi connectivity index (χ0) is 6.69. The zero-order valence-corrected chi connectivity index (χ0v) is 6.35. The second kappa shape index (κ2) is 3.18. The molecule has 1 aliphatic heterocycles. The molecule has 0 amide bonds. The van der Waals surface area contributed by atoms with E-state index in [-0.39, 0.29) is 0 Å². The predicted octanol–water partition coefficient (Wildman–Crippen LogP) is 0.853. The first-order valence-corrected chi connectivity index (χ1v) is 3.73. The lowest BCUT2D eigenvalue weighted by Gasteiger charge is -2.13. The van der Waals surface area contributed by atoms with E-state index in [9.17, 15) is 0 Å². The number of nitrogens with one attached hydrogen (secondary N) is 1. The van der Waals surface area contributed by atoms with Crippen LogP contribution in [0.15, 0.2) is 0 Å². The van der Waals surface area contributed by atoms with Gasteiger partial charge in [0.25, 0.3) is 0 Å². The highest BCUT2D eigenvalue weighted by molar-refractivity contribution is 4.61. The summed E-state index contributed by atoms with van der Waals surface area (Å²) < 4.78 is 0. The summed E-state index contributed by atoms with van der Waals surface area (Å²) in [4.78, 5) is 0. The Hall–Kier alpha value is -0.0800. The highest BCUT2D eigenvalue weighted by Crippen LogP contribution is 2.07.